The predicted molar refractivity (Wildman–Crippen MR) is 73.5 cm³/mol. The Balaban J connectivity index is 1.98. The van der Waals surface area contributed by atoms with E-state index in [1.54, 1.807) is 24.3 Å². The fourth-order valence-corrected chi connectivity index (χ4v) is 2.30. The van der Waals surface area contributed by atoms with Crippen molar-refractivity contribution in [2.75, 3.05) is 13.2 Å². The molecule has 20 heavy (non-hydrogen) atoms. The Kier molecular flexibility index (Phi) is 3.50. The van der Waals surface area contributed by atoms with Crippen LogP contribution in [0.5, 0.6) is 0 Å². The maximum Gasteiger partial charge on any atom is 0.335 e. The van der Waals surface area contributed by atoms with Gasteiger partial charge in [0.2, 0.25) is 0 Å². The summed E-state index contributed by atoms with van der Waals surface area (Å²) in [5.74, 6) is -0.924. The molecule has 2 aromatic rings. The molecule has 1 aliphatic heterocycles. The number of aromatic carboxylic acids is 1. The highest BCUT2D eigenvalue weighted by Crippen LogP contribution is 2.32. The minimum atomic E-state index is -0.924. The molecule has 0 unspecified atom stereocenters. The van der Waals surface area contributed by atoms with Gasteiger partial charge in [0.15, 0.2) is 6.29 Å². The highest BCUT2D eigenvalue weighted by molar-refractivity contribution is 5.88. The highest BCUT2D eigenvalue weighted by atomic mass is 16.7. The van der Waals surface area contributed by atoms with Crippen molar-refractivity contribution in [2.45, 2.75) is 6.29 Å². The van der Waals surface area contributed by atoms with E-state index in [0.29, 0.717) is 13.2 Å². The number of carboxylic acid groups (broad SMARTS) is 1. The first-order chi connectivity index (χ1) is 9.75. The molecular formula is C16H14O4. The SMILES string of the molecule is O=C(O)c1ccc(-c2ccccc2C2OCCO2)cc1. The fraction of sp³-hybridized carbons (Fsp3) is 0.188. The summed E-state index contributed by atoms with van der Waals surface area (Å²) in [5, 5.41) is 8.93. The van der Waals surface area contributed by atoms with Gasteiger partial charge in [-0.05, 0) is 23.3 Å². The van der Waals surface area contributed by atoms with Crippen LogP contribution in [0.4, 0.5) is 0 Å². The Morgan fingerprint density at radius 3 is 2.30 bits per heavy atom. The lowest BCUT2D eigenvalue weighted by molar-refractivity contribution is -0.0436. The number of benzene rings is 2. The van der Waals surface area contributed by atoms with Crippen LogP contribution in [0.3, 0.4) is 0 Å². The quantitative estimate of drug-likeness (QED) is 0.931. The molecule has 0 radical (unpaired) electrons. The Hall–Kier alpha value is -2.17. The van der Waals surface area contributed by atoms with Gasteiger partial charge in [-0.2, -0.15) is 0 Å². The second-order valence-electron chi connectivity index (χ2n) is 4.54. The van der Waals surface area contributed by atoms with Gasteiger partial charge in [-0.15, -0.1) is 0 Å². The third-order valence-corrected chi connectivity index (χ3v) is 3.28. The molecule has 1 aliphatic rings. The number of hydrogen-bond donors (Lipinski definition) is 1. The third-order valence-electron chi connectivity index (χ3n) is 3.28. The molecule has 102 valence electrons. The molecule has 1 heterocycles. The van der Waals surface area contributed by atoms with Crippen molar-refractivity contribution in [1.29, 1.82) is 0 Å². The Morgan fingerprint density at radius 2 is 1.65 bits per heavy atom. The number of carboxylic acids is 1. The molecule has 0 aliphatic carbocycles. The summed E-state index contributed by atoms with van der Waals surface area (Å²) in [6.07, 6.45) is -0.342. The van der Waals surface area contributed by atoms with Gasteiger partial charge in [0.1, 0.15) is 0 Å². The lowest BCUT2D eigenvalue weighted by Gasteiger charge is -2.14. The molecule has 1 N–H and O–H groups in total. The Labute approximate surface area is 116 Å². The number of hydrogen-bond acceptors (Lipinski definition) is 3. The maximum atomic E-state index is 10.9. The van der Waals surface area contributed by atoms with Gasteiger partial charge >= 0.3 is 5.97 Å². The van der Waals surface area contributed by atoms with Gasteiger partial charge in [0, 0.05) is 5.56 Å². The third kappa shape index (κ3) is 2.43. The molecule has 0 aromatic heterocycles. The summed E-state index contributed by atoms with van der Waals surface area (Å²) in [5.41, 5.74) is 3.19. The van der Waals surface area contributed by atoms with Crippen molar-refractivity contribution in [3.63, 3.8) is 0 Å². The van der Waals surface area contributed by atoms with Gasteiger partial charge in [-0.3, -0.25) is 0 Å². The zero-order valence-electron chi connectivity index (χ0n) is 10.8. The molecule has 4 heteroatoms. The number of rotatable bonds is 3. The van der Waals surface area contributed by atoms with Crippen molar-refractivity contribution in [3.05, 3.63) is 59.7 Å². The predicted octanol–water partition coefficient (Wildman–Crippen LogP) is 3.10. The van der Waals surface area contributed by atoms with E-state index in [2.05, 4.69) is 0 Å². The average Bonchev–Trinajstić information content (AvgIpc) is 3.01. The van der Waals surface area contributed by atoms with E-state index in [9.17, 15) is 4.79 Å². The standard InChI is InChI=1S/C16H14O4/c17-15(18)12-7-5-11(6-8-12)13-3-1-2-4-14(13)16-19-9-10-20-16/h1-8,16H,9-10H2,(H,17,18). The monoisotopic (exact) mass is 270 g/mol. The van der Waals surface area contributed by atoms with Crippen molar-refractivity contribution in [2.24, 2.45) is 0 Å². The average molecular weight is 270 g/mol. The maximum absolute atomic E-state index is 10.9. The van der Waals surface area contributed by atoms with E-state index in [-0.39, 0.29) is 11.9 Å². The van der Waals surface area contributed by atoms with E-state index in [1.807, 2.05) is 24.3 Å². The van der Waals surface area contributed by atoms with Crippen LogP contribution in [0.1, 0.15) is 22.2 Å². The Morgan fingerprint density at radius 1 is 1.00 bits per heavy atom. The first kappa shape index (κ1) is 12.8. The molecule has 1 fully saturated rings. The summed E-state index contributed by atoms with van der Waals surface area (Å²) >= 11 is 0. The van der Waals surface area contributed by atoms with Gasteiger partial charge in [-0.1, -0.05) is 36.4 Å². The first-order valence-electron chi connectivity index (χ1n) is 6.41. The van der Waals surface area contributed by atoms with E-state index in [4.69, 9.17) is 14.6 Å². The van der Waals surface area contributed by atoms with Crippen LogP contribution in [0.15, 0.2) is 48.5 Å². The molecule has 1 saturated heterocycles. The van der Waals surface area contributed by atoms with Crippen LogP contribution in [0.25, 0.3) is 11.1 Å². The summed E-state index contributed by atoms with van der Waals surface area (Å²) in [7, 11) is 0. The molecule has 0 spiro atoms. The summed E-state index contributed by atoms with van der Waals surface area (Å²) in [4.78, 5) is 10.9. The molecule has 4 nitrogen and oxygen atoms in total. The molecule has 0 amide bonds. The molecule has 3 rings (SSSR count). The van der Waals surface area contributed by atoms with Crippen molar-refractivity contribution in [1.82, 2.24) is 0 Å². The van der Waals surface area contributed by atoms with Gasteiger partial charge < -0.3 is 14.6 Å². The van der Waals surface area contributed by atoms with Gasteiger partial charge in [0.25, 0.3) is 0 Å². The number of ether oxygens (including phenoxy) is 2. The van der Waals surface area contributed by atoms with E-state index < -0.39 is 5.97 Å². The lowest BCUT2D eigenvalue weighted by atomic mass is 9.98. The minimum Gasteiger partial charge on any atom is -0.478 e. The molecule has 2 aromatic carbocycles. The molecular weight excluding hydrogens is 256 g/mol. The van der Waals surface area contributed by atoms with Crippen LogP contribution < -0.4 is 0 Å². The second kappa shape index (κ2) is 5.45. The van der Waals surface area contributed by atoms with Gasteiger partial charge in [0.05, 0.1) is 18.8 Å². The molecule has 0 bridgehead atoms. The normalized spacial score (nSPS) is 15.4. The summed E-state index contributed by atoms with van der Waals surface area (Å²) in [6.45, 7) is 1.19. The lowest BCUT2D eigenvalue weighted by Crippen LogP contribution is -2.01. The zero-order chi connectivity index (χ0) is 13.9. The molecule has 0 saturated carbocycles. The first-order valence-corrected chi connectivity index (χ1v) is 6.41. The zero-order valence-corrected chi connectivity index (χ0v) is 10.8. The topological polar surface area (TPSA) is 55.8 Å². The van der Waals surface area contributed by atoms with Crippen LogP contribution in [0, 0.1) is 0 Å². The minimum absolute atomic E-state index is 0.277. The van der Waals surface area contributed by atoms with Crippen LogP contribution in [0.2, 0.25) is 0 Å². The highest BCUT2D eigenvalue weighted by Gasteiger charge is 2.21. The second-order valence-corrected chi connectivity index (χ2v) is 4.54. The smallest absolute Gasteiger partial charge is 0.335 e. The van der Waals surface area contributed by atoms with E-state index in [1.165, 1.54) is 0 Å². The van der Waals surface area contributed by atoms with Gasteiger partial charge in [-0.25, -0.2) is 4.79 Å². The van der Waals surface area contributed by atoms with E-state index >= 15 is 0 Å². The largest absolute Gasteiger partial charge is 0.478 e. The van der Waals surface area contributed by atoms with Crippen LogP contribution in [-0.2, 0) is 9.47 Å². The fourth-order valence-electron chi connectivity index (χ4n) is 2.30. The Bertz CT molecular complexity index is 613. The van der Waals surface area contributed by atoms with Crippen molar-refractivity contribution < 1.29 is 19.4 Å². The van der Waals surface area contributed by atoms with Crippen molar-refractivity contribution >= 4 is 5.97 Å². The number of carbonyl (C=O) groups is 1. The van der Waals surface area contributed by atoms with Crippen LogP contribution in [-0.4, -0.2) is 24.3 Å². The van der Waals surface area contributed by atoms with Crippen LogP contribution >= 0.6 is 0 Å². The summed E-state index contributed by atoms with van der Waals surface area (Å²) in [6, 6.07) is 14.6. The molecule has 0 atom stereocenters. The van der Waals surface area contributed by atoms with E-state index in [0.717, 1.165) is 16.7 Å². The van der Waals surface area contributed by atoms with Crippen molar-refractivity contribution in [3.8, 4) is 11.1 Å². The summed E-state index contributed by atoms with van der Waals surface area (Å²) < 4.78 is 11.1.